The van der Waals surface area contributed by atoms with Crippen molar-refractivity contribution in [1.82, 2.24) is 29.2 Å². The summed E-state index contributed by atoms with van der Waals surface area (Å²) < 4.78 is 18.2. The third-order valence-corrected chi connectivity index (χ3v) is 9.56. The van der Waals surface area contributed by atoms with Crippen molar-refractivity contribution in [2.45, 2.75) is 38.9 Å². The number of hydrogen-bond donors (Lipinski definition) is 2. The van der Waals surface area contributed by atoms with E-state index in [-0.39, 0.29) is 11.2 Å². The van der Waals surface area contributed by atoms with Gasteiger partial charge in [-0.3, -0.25) is 9.59 Å². The Kier molecular flexibility index (Phi) is 10.7. The third kappa shape index (κ3) is 7.94. The highest BCUT2D eigenvalue weighted by atomic mass is 127. The second-order valence-electron chi connectivity index (χ2n) is 11.7. The van der Waals surface area contributed by atoms with Crippen LogP contribution in [-0.2, 0) is 9.31 Å². The number of rotatable bonds is 4. The molecule has 4 aromatic heterocycles. The fourth-order valence-corrected chi connectivity index (χ4v) is 6.63. The Balaban J connectivity index is 0.000000146. The molecule has 4 N–H and O–H groups in total. The monoisotopic (exact) mass is 886 g/mol. The molecule has 1 aliphatic rings. The van der Waals surface area contributed by atoms with Gasteiger partial charge in [0.2, 0.25) is 11.8 Å². The Morgan fingerprint density at radius 3 is 1.85 bits per heavy atom. The van der Waals surface area contributed by atoms with Gasteiger partial charge in [0.15, 0.2) is 11.3 Å². The van der Waals surface area contributed by atoms with E-state index in [2.05, 4.69) is 74.6 Å². The molecule has 0 saturated carbocycles. The number of pyridine rings is 2. The van der Waals surface area contributed by atoms with Gasteiger partial charge in [-0.05, 0) is 130 Å². The molecule has 0 radical (unpaired) electrons. The molecule has 0 spiro atoms. The van der Waals surface area contributed by atoms with E-state index in [1.54, 1.807) is 45.4 Å². The Bertz CT molecular complexity index is 2120. The van der Waals surface area contributed by atoms with Gasteiger partial charge in [-0.15, -0.1) is 0 Å². The van der Waals surface area contributed by atoms with Crippen molar-refractivity contribution in [3.05, 3.63) is 109 Å². The van der Waals surface area contributed by atoms with Crippen LogP contribution >= 0.6 is 54.5 Å². The van der Waals surface area contributed by atoms with Gasteiger partial charge < -0.3 is 20.8 Å². The third-order valence-electron chi connectivity index (χ3n) is 7.80. The van der Waals surface area contributed by atoms with E-state index in [9.17, 15) is 9.59 Å². The van der Waals surface area contributed by atoms with E-state index in [4.69, 9.17) is 20.8 Å². The highest BCUT2D eigenvalue weighted by molar-refractivity contribution is 14.1. The molecule has 0 bridgehead atoms. The molecule has 6 aromatic rings. The number of aromatic nitrogens is 6. The molecule has 0 aliphatic carbocycles. The van der Waals surface area contributed by atoms with Gasteiger partial charge >= 0.3 is 7.12 Å². The van der Waals surface area contributed by atoms with Crippen molar-refractivity contribution in [1.29, 1.82) is 0 Å². The SMILES string of the molecule is Brc1cc(I)cn2ncnc12.CC1(C)OB(c2cccc(C(N)=O)c2)OC1(C)C.NC(=O)c1cccc(-c2cc(Br)c3ncnn3c2)c1. The fraction of sp³-hybridized carbons (Fsp3) is 0.188. The molecule has 12 nitrogen and oxygen atoms in total. The summed E-state index contributed by atoms with van der Waals surface area (Å²) in [7, 11) is -0.464. The molecule has 0 atom stereocenters. The first-order valence-corrected chi connectivity index (χ1v) is 17.1. The van der Waals surface area contributed by atoms with E-state index >= 15 is 0 Å². The molecule has 1 aliphatic heterocycles. The molecule has 48 heavy (non-hydrogen) atoms. The minimum atomic E-state index is -0.464. The zero-order valence-electron chi connectivity index (χ0n) is 26.3. The number of benzene rings is 2. The van der Waals surface area contributed by atoms with Gasteiger partial charge in [-0.25, -0.2) is 19.0 Å². The van der Waals surface area contributed by atoms with Gasteiger partial charge in [0, 0.05) is 32.7 Å². The fourth-order valence-electron chi connectivity index (χ4n) is 4.57. The number of hydrogen-bond acceptors (Lipinski definition) is 8. The molecule has 2 aromatic carbocycles. The number of carbonyl (C=O) groups is 2. The zero-order valence-corrected chi connectivity index (χ0v) is 31.6. The lowest BCUT2D eigenvalue weighted by Gasteiger charge is -2.32. The summed E-state index contributed by atoms with van der Waals surface area (Å²) in [5.41, 5.74) is 14.9. The van der Waals surface area contributed by atoms with Crippen molar-refractivity contribution >= 4 is 90.1 Å². The lowest BCUT2D eigenvalue weighted by molar-refractivity contribution is 0.00578. The molecule has 246 valence electrons. The summed E-state index contributed by atoms with van der Waals surface area (Å²) in [4.78, 5) is 30.6. The lowest BCUT2D eigenvalue weighted by Crippen LogP contribution is -2.41. The zero-order chi connectivity index (χ0) is 34.8. The van der Waals surface area contributed by atoms with Crippen LogP contribution in [-0.4, -0.2) is 59.3 Å². The maximum Gasteiger partial charge on any atom is 0.494 e. The van der Waals surface area contributed by atoms with Crippen molar-refractivity contribution in [2.24, 2.45) is 11.5 Å². The number of nitrogens with two attached hydrogens (primary N) is 2. The lowest BCUT2D eigenvalue weighted by atomic mass is 9.78. The van der Waals surface area contributed by atoms with E-state index in [1.165, 1.54) is 12.7 Å². The van der Waals surface area contributed by atoms with Crippen LogP contribution < -0.4 is 16.9 Å². The maximum atomic E-state index is 11.2. The highest BCUT2D eigenvalue weighted by Gasteiger charge is 2.51. The molecule has 16 heteroatoms. The van der Waals surface area contributed by atoms with Crippen LogP contribution in [0.5, 0.6) is 0 Å². The number of primary amides is 2. The Morgan fingerprint density at radius 2 is 1.27 bits per heavy atom. The number of halogens is 3. The van der Waals surface area contributed by atoms with Gasteiger partial charge in [-0.1, -0.05) is 24.3 Å². The quantitative estimate of drug-likeness (QED) is 0.175. The number of nitrogens with zero attached hydrogens (tertiary/aromatic N) is 6. The van der Waals surface area contributed by atoms with Crippen LogP contribution in [0.2, 0.25) is 0 Å². The topological polar surface area (TPSA) is 165 Å². The van der Waals surface area contributed by atoms with E-state index < -0.39 is 18.9 Å². The summed E-state index contributed by atoms with van der Waals surface area (Å²) in [5, 5.41) is 8.12. The molecule has 7 rings (SSSR count). The molecule has 2 amide bonds. The summed E-state index contributed by atoms with van der Waals surface area (Å²) in [6, 6.07) is 18.1. The highest BCUT2D eigenvalue weighted by Crippen LogP contribution is 2.36. The minimum absolute atomic E-state index is 0.388. The molecule has 0 unspecified atom stereocenters. The van der Waals surface area contributed by atoms with Gasteiger partial charge in [0.25, 0.3) is 0 Å². The van der Waals surface area contributed by atoms with Crippen LogP contribution in [0.15, 0.2) is 94.7 Å². The largest absolute Gasteiger partial charge is 0.494 e. The molecular weight excluding hydrogens is 858 g/mol. The number of carbonyl (C=O) groups excluding carboxylic acids is 2. The molecule has 5 heterocycles. The maximum absolute atomic E-state index is 11.2. The molecule has 1 fully saturated rings. The summed E-state index contributed by atoms with van der Waals surface area (Å²) in [6.45, 7) is 7.96. The smallest absolute Gasteiger partial charge is 0.399 e. The summed E-state index contributed by atoms with van der Waals surface area (Å²) in [5.74, 6) is -0.892. The normalized spacial score (nSPS) is 14.6. The molecule has 1 saturated heterocycles. The summed E-state index contributed by atoms with van der Waals surface area (Å²) in [6.07, 6.45) is 6.81. The minimum Gasteiger partial charge on any atom is -0.399 e. The van der Waals surface area contributed by atoms with Crippen LogP contribution in [0.3, 0.4) is 0 Å². The van der Waals surface area contributed by atoms with Crippen LogP contribution in [0.1, 0.15) is 48.4 Å². The van der Waals surface area contributed by atoms with E-state index in [0.29, 0.717) is 11.1 Å². The Morgan fingerprint density at radius 1 is 0.750 bits per heavy atom. The Hall–Kier alpha value is -3.71. The number of amides is 2. The predicted octanol–water partition coefficient (Wildman–Crippen LogP) is 5.44. The van der Waals surface area contributed by atoms with Gasteiger partial charge in [-0.2, -0.15) is 10.2 Å². The second kappa shape index (κ2) is 14.4. The van der Waals surface area contributed by atoms with Crippen LogP contribution in [0.25, 0.3) is 22.4 Å². The van der Waals surface area contributed by atoms with Crippen molar-refractivity contribution in [3.63, 3.8) is 0 Å². The first-order chi connectivity index (χ1) is 22.6. The van der Waals surface area contributed by atoms with Gasteiger partial charge in [0.1, 0.15) is 12.7 Å². The number of fused-ring (bicyclic) bond motifs is 2. The Labute approximate surface area is 307 Å². The van der Waals surface area contributed by atoms with Crippen molar-refractivity contribution < 1.29 is 18.9 Å². The van der Waals surface area contributed by atoms with E-state index in [1.807, 2.05) is 64.4 Å². The molecular formula is C32H30BBr2IN8O4. The van der Waals surface area contributed by atoms with Crippen LogP contribution in [0, 0.1) is 3.57 Å². The first kappa shape index (κ1) is 35.6. The average molecular weight is 888 g/mol. The average Bonchev–Trinajstić information content (AvgIpc) is 3.76. The predicted molar refractivity (Wildman–Crippen MR) is 199 cm³/mol. The first-order valence-electron chi connectivity index (χ1n) is 14.4. The van der Waals surface area contributed by atoms with Crippen molar-refractivity contribution in [3.8, 4) is 11.1 Å². The van der Waals surface area contributed by atoms with Crippen molar-refractivity contribution in [2.75, 3.05) is 0 Å². The standard InChI is InChI=1S/C13H18BNO3.C13H9BrN4O.C6H3BrIN3/c1-12(2)13(3,4)18-14(17-12)10-7-5-6-9(8-10)11(15)16;14-11-5-10(6-18-13(11)16-7-17-18)8-2-1-3-9(4-8)12(15)19;7-5-1-4(8)2-11-6(5)9-3-10-11/h5-8H,1-4H3,(H2,15,16);1-7H,(H2,15,19);1-3H. The van der Waals surface area contributed by atoms with Crippen LogP contribution in [0.4, 0.5) is 0 Å². The van der Waals surface area contributed by atoms with Gasteiger partial charge in [0.05, 0.1) is 20.1 Å². The summed E-state index contributed by atoms with van der Waals surface area (Å²) >= 11 is 9.09. The van der Waals surface area contributed by atoms with E-state index in [0.717, 1.165) is 40.4 Å². The second-order valence-corrected chi connectivity index (χ2v) is 14.6.